The fraction of sp³-hybridized carbons (Fsp3) is 0.125. The molecule has 2 aromatic carbocycles. The van der Waals surface area contributed by atoms with E-state index in [9.17, 15) is 18.0 Å². The second-order valence-corrected chi connectivity index (χ2v) is 4.66. The van der Waals surface area contributed by atoms with Gasteiger partial charge >= 0.3 is 12.1 Å². The molecule has 0 unspecified atom stereocenters. The molecular weight excluding hydrogens is 325 g/mol. The van der Waals surface area contributed by atoms with E-state index in [0.717, 1.165) is 6.07 Å². The number of carboxylic acids is 1. The summed E-state index contributed by atoms with van der Waals surface area (Å²) in [6, 6.07) is 11.3. The van der Waals surface area contributed by atoms with Crippen LogP contribution >= 0.6 is 0 Å². The number of rotatable bonds is 6. The van der Waals surface area contributed by atoms with Crippen LogP contribution in [0.5, 0.6) is 5.75 Å². The lowest BCUT2D eigenvalue weighted by Crippen LogP contribution is -2.09. The minimum absolute atomic E-state index is 0.150. The van der Waals surface area contributed by atoms with Crippen LogP contribution in [-0.2, 0) is 11.0 Å². The summed E-state index contributed by atoms with van der Waals surface area (Å²) in [5, 5.41) is 12.3. The zero-order valence-electron chi connectivity index (χ0n) is 12.2. The van der Waals surface area contributed by atoms with Gasteiger partial charge in [-0.05, 0) is 42.0 Å². The molecule has 8 heteroatoms. The number of hydrazone groups is 1. The van der Waals surface area contributed by atoms with Crippen molar-refractivity contribution in [3.63, 3.8) is 0 Å². The van der Waals surface area contributed by atoms with Crippen molar-refractivity contribution in [2.45, 2.75) is 6.18 Å². The number of carboxylic acid groups (broad SMARTS) is 1. The zero-order valence-corrected chi connectivity index (χ0v) is 12.2. The summed E-state index contributed by atoms with van der Waals surface area (Å²) in [6.45, 7) is -0.455. The lowest BCUT2D eigenvalue weighted by molar-refractivity contribution is -0.139. The summed E-state index contributed by atoms with van der Waals surface area (Å²) < 4.78 is 43.4. The van der Waals surface area contributed by atoms with Crippen LogP contribution in [0.1, 0.15) is 11.1 Å². The van der Waals surface area contributed by atoms with Gasteiger partial charge in [0.15, 0.2) is 6.61 Å². The summed E-state index contributed by atoms with van der Waals surface area (Å²) >= 11 is 0. The third-order valence-corrected chi connectivity index (χ3v) is 2.87. The molecule has 24 heavy (non-hydrogen) atoms. The van der Waals surface area contributed by atoms with Crippen molar-refractivity contribution in [1.82, 2.24) is 0 Å². The number of ether oxygens (including phenoxy) is 1. The number of nitrogens with one attached hydrogen (secondary N) is 1. The van der Waals surface area contributed by atoms with Crippen molar-refractivity contribution in [1.29, 1.82) is 0 Å². The minimum atomic E-state index is -4.47. The summed E-state index contributed by atoms with van der Waals surface area (Å²) in [4.78, 5) is 10.4. The van der Waals surface area contributed by atoms with Gasteiger partial charge in [0, 0.05) is 0 Å². The molecule has 0 aromatic heterocycles. The standard InChI is InChI=1S/C16H13F3N2O3/c17-16(18,19)13-3-1-2-4-14(13)21-20-9-11-5-7-12(8-6-11)24-10-15(22)23/h1-9,21H,10H2,(H,22,23)/b20-9-. The minimum Gasteiger partial charge on any atom is -0.482 e. The van der Waals surface area contributed by atoms with Gasteiger partial charge in [-0.25, -0.2) is 4.79 Å². The second-order valence-electron chi connectivity index (χ2n) is 4.66. The molecule has 2 rings (SSSR count). The van der Waals surface area contributed by atoms with E-state index < -0.39 is 24.3 Å². The topological polar surface area (TPSA) is 70.9 Å². The van der Waals surface area contributed by atoms with E-state index in [2.05, 4.69) is 10.5 Å². The van der Waals surface area contributed by atoms with Gasteiger partial charge in [0.25, 0.3) is 0 Å². The molecule has 0 spiro atoms. The van der Waals surface area contributed by atoms with Crippen LogP contribution in [0.15, 0.2) is 53.6 Å². The van der Waals surface area contributed by atoms with Crippen molar-refractivity contribution < 1.29 is 27.8 Å². The molecule has 126 valence electrons. The molecule has 2 N–H and O–H groups in total. The van der Waals surface area contributed by atoms with Gasteiger partial charge < -0.3 is 9.84 Å². The number of nitrogens with zero attached hydrogens (tertiary/aromatic N) is 1. The average Bonchev–Trinajstić information content (AvgIpc) is 2.53. The van der Waals surface area contributed by atoms with Crippen LogP contribution in [0.4, 0.5) is 18.9 Å². The largest absolute Gasteiger partial charge is 0.482 e. The number of anilines is 1. The van der Waals surface area contributed by atoms with Gasteiger partial charge in [0.2, 0.25) is 0 Å². The predicted molar refractivity (Wildman–Crippen MR) is 82.2 cm³/mol. The van der Waals surface area contributed by atoms with Crippen LogP contribution in [-0.4, -0.2) is 23.9 Å². The first-order valence-electron chi connectivity index (χ1n) is 6.76. The Kier molecular flexibility index (Phi) is 5.41. The Labute approximate surface area is 135 Å². The fourth-order valence-corrected chi connectivity index (χ4v) is 1.80. The number of para-hydroxylation sites is 1. The van der Waals surface area contributed by atoms with E-state index >= 15 is 0 Å². The number of hydrogen-bond acceptors (Lipinski definition) is 4. The number of halogens is 3. The molecule has 0 heterocycles. The van der Waals surface area contributed by atoms with E-state index in [1.807, 2.05) is 0 Å². The number of benzene rings is 2. The molecule has 0 bridgehead atoms. The first-order chi connectivity index (χ1) is 11.4. The molecule has 0 saturated carbocycles. The average molecular weight is 338 g/mol. The Balaban J connectivity index is 2.01. The Hall–Kier alpha value is -3.03. The second kappa shape index (κ2) is 7.49. The maximum atomic E-state index is 12.8. The van der Waals surface area contributed by atoms with E-state index in [1.165, 1.54) is 36.5 Å². The molecule has 0 radical (unpaired) electrons. The Morgan fingerprint density at radius 2 is 1.83 bits per heavy atom. The van der Waals surface area contributed by atoms with E-state index in [0.29, 0.717) is 11.3 Å². The quantitative estimate of drug-likeness (QED) is 0.623. The van der Waals surface area contributed by atoms with E-state index in [1.54, 1.807) is 12.1 Å². The van der Waals surface area contributed by atoms with Crippen molar-refractivity contribution in [3.05, 3.63) is 59.7 Å². The normalized spacial score (nSPS) is 11.5. The highest BCUT2D eigenvalue weighted by Gasteiger charge is 2.33. The van der Waals surface area contributed by atoms with Gasteiger partial charge in [-0.1, -0.05) is 12.1 Å². The monoisotopic (exact) mass is 338 g/mol. The summed E-state index contributed by atoms with van der Waals surface area (Å²) in [5.41, 5.74) is 2.01. The first-order valence-corrected chi connectivity index (χ1v) is 6.76. The molecule has 5 nitrogen and oxygen atoms in total. The Bertz CT molecular complexity index is 728. The van der Waals surface area contributed by atoms with Gasteiger partial charge in [-0.3, -0.25) is 5.43 Å². The van der Waals surface area contributed by atoms with Crippen LogP contribution in [0.2, 0.25) is 0 Å². The molecule has 0 amide bonds. The highest BCUT2D eigenvalue weighted by Crippen LogP contribution is 2.34. The highest BCUT2D eigenvalue weighted by atomic mass is 19.4. The molecule has 0 aliphatic heterocycles. The first kappa shape index (κ1) is 17.3. The fourth-order valence-electron chi connectivity index (χ4n) is 1.80. The highest BCUT2D eigenvalue weighted by molar-refractivity contribution is 5.80. The molecule has 0 aliphatic rings. The molecule has 0 fully saturated rings. The number of hydrogen-bond donors (Lipinski definition) is 2. The van der Waals surface area contributed by atoms with Crippen molar-refractivity contribution in [2.75, 3.05) is 12.0 Å². The molecule has 0 atom stereocenters. The van der Waals surface area contributed by atoms with Crippen LogP contribution < -0.4 is 10.2 Å². The zero-order chi connectivity index (χ0) is 17.6. The summed E-state index contributed by atoms with van der Waals surface area (Å²) in [7, 11) is 0. The molecule has 0 aliphatic carbocycles. The number of alkyl halides is 3. The van der Waals surface area contributed by atoms with Gasteiger partial charge in [0.1, 0.15) is 5.75 Å². The maximum Gasteiger partial charge on any atom is 0.418 e. The van der Waals surface area contributed by atoms with Crippen LogP contribution in [0.25, 0.3) is 0 Å². The smallest absolute Gasteiger partial charge is 0.418 e. The van der Waals surface area contributed by atoms with Crippen LogP contribution in [0, 0.1) is 0 Å². The molecular formula is C16H13F3N2O3. The number of carbonyl (C=O) groups is 1. The lowest BCUT2D eigenvalue weighted by atomic mass is 10.2. The summed E-state index contributed by atoms with van der Waals surface area (Å²) in [6.07, 6.45) is -3.13. The SMILES string of the molecule is O=C(O)COc1ccc(/C=N\Nc2ccccc2C(F)(F)F)cc1. The van der Waals surface area contributed by atoms with Crippen molar-refractivity contribution in [2.24, 2.45) is 5.10 Å². The Morgan fingerprint density at radius 1 is 1.17 bits per heavy atom. The molecule has 0 saturated heterocycles. The third-order valence-electron chi connectivity index (χ3n) is 2.87. The van der Waals surface area contributed by atoms with Gasteiger partial charge in [-0.2, -0.15) is 18.3 Å². The third kappa shape index (κ3) is 5.01. The van der Waals surface area contributed by atoms with Gasteiger partial charge in [0.05, 0.1) is 17.5 Å². The van der Waals surface area contributed by atoms with Crippen molar-refractivity contribution in [3.8, 4) is 5.75 Å². The van der Waals surface area contributed by atoms with Crippen LogP contribution in [0.3, 0.4) is 0 Å². The summed E-state index contributed by atoms with van der Waals surface area (Å²) in [5.74, 6) is -0.724. The van der Waals surface area contributed by atoms with E-state index in [-0.39, 0.29) is 5.69 Å². The maximum absolute atomic E-state index is 12.8. The van der Waals surface area contributed by atoms with Gasteiger partial charge in [-0.15, -0.1) is 0 Å². The molecule has 2 aromatic rings. The Morgan fingerprint density at radius 3 is 2.46 bits per heavy atom. The number of aliphatic carboxylic acids is 1. The van der Waals surface area contributed by atoms with E-state index in [4.69, 9.17) is 9.84 Å². The van der Waals surface area contributed by atoms with Crippen molar-refractivity contribution >= 4 is 17.9 Å². The predicted octanol–water partition coefficient (Wildman–Crippen LogP) is 3.61. The lowest BCUT2D eigenvalue weighted by Gasteiger charge is -2.11.